The molecule has 8 heteroatoms. The fourth-order valence-corrected chi connectivity index (χ4v) is 2.33. The Labute approximate surface area is 132 Å². The first-order chi connectivity index (χ1) is 10.5. The van der Waals surface area contributed by atoms with E-state index in [9.17, 15) is 0 Å². The van der Waals surface area contributed by atoms with Crippen molar-refractivity contribution in [2.45, 2.75) is 26.9 Å². The molecule has 0 atom stereocenters. The maximum absolute atomic E-state index is 8.23. The lowest BCUT2D eigenvalue weighted by molar-refractivity contribution is 0.501. The first-order valence-electron chi connectivity index (χ1n) is 6.98. The molecule has 0 fully saturated rings. The Morgan fingerprint density at radius 3 is 2.77 bits per heavy atom. The van der Waals surface area contributed by atoms with E-state index < -0.39 is 0 Å². The van der Waals surface area contributed by atoms with Gasteiger partial charge in [-0.2, -0.15) is 0 Å². The summed E-state index contributed by atoms with van der Waals surface area (Å²) in [4.78, 5) is 8.45. The summed E-state index contributed by atoms with van der Waals surface area (Å²) in [6.07, 6.45) is 3.37. The summed E-state index contributed by atoms with van der Waals surface area (Å²) in [6, 6.07) is 3.61. The largest absolute Gasteiger partial charge is 0.315 e. The fourth-order valence-electron chi connectivity index (χ4n) is 2.22. The van der Waals surface area contributed by atoms with E-state index in [0.29, 0.717) is 34.3 Å². The van der Waals surface area contributed by atoms with E-state index in [2.05, 4.69) is 34.1 Å². The van der Waals surface area contributed by atoms with E-state index in [4.69, 9.17) is 17.0 Å². The Kier molecular flexibility index (Phi) is 3.89. The van der Waals surface area contributed by atoms with Crippen molar-refractivity contribution in [3.63, 3.8) is 0 Å². The number of halogens is 1. The van der Waals surface area contributed by atoms with E-state index in [0.717, 1.165) is 12.1 Å². The smallest absolute Gasteiger partial charge is 0.184 e. The second-order valence-electron chi connectivity index (χ2n) is 5.55. The standard InChI is InChI=1S/C14H16ClN7/c1-9(2)6-21-8-18-14-12(13(21)16)19-20-22(14)7-10-3-4-11(15)17-5-10/h3-5,8-9,16H,6-7H2,1-2H3. The molecule has 0 amide bonds. The Balaban J connectivity index is 1.97. The van der Waals surface area contributed by atoms with E-state index >= 15 is 0 Å². The third-order valence-corrected chi connectivity index (χ3v) is 3.45. The number of hydrogen-bond donors (Lipinski definition) is 1. The van der Waals surface area contributed by atoms with Crippen molar-refractivity contribution >= 4 is 22.8 Å². The van der Waals surface area contributed by atoms with Crippen LogP contribution in [0.1, 0.15) is 19.4 Å². The topological polar surface area (TPSA) is 85.3 Å². The fraction of sp³-hybridized carbons (Fsp3) is 0.357. The number of nitrogens with one attached hydrogen (secondary N) is 1. The molecular weight excluding hydrogens is 302 g/mol. The van der Waals surface area contributed by atoms with Gasteiger partial charge in [0.05, 0.1) is 12.9 Å². The SMILES string of the molecule is CC(C)Cn1cnc2c(nnn2Cc2ccc(Cl)nc2)c1=N. The van der Waals surface area contributed by atoms with Gasteiger partial charge in [0.2, 0.25) is 0 Å². The average Bonchev–Trinajstić information content (AvgIpc) is 2.88. The van der Waals surface area contributed by atoms with Gasteiger partial charge in [-0.1, -0.05) is 36.7 Å². The summed E-state index contributed by atoms with van der Waals surface area (Å²) >= 11 is 5.78. The van der Waals surface area contributed by atoms with E-state index in [1.54, 1.807) is 27.8 Å². The highest BCUT2D eigenvalue weighted by Gasteiger charge is 2.11. The molecule has 0 aliphatic carbocycles. The van der Waals surface area contributed by atoms with E-state index in [1.165, 1.54) is 0 Å². The van der Waals surface area contributed by atoms with Crippen LogP contribution in [0.25, 0.3) is 11.2 Å². The summed E-state index contributed by atoms with van der Waals surface area (Å²) in [6.45, 7) is 5.42. The third-order valence-electron chi connectivity index (χ3n) is 3.22. The van der Waals surface area contributed by atoms with Crippen LogP contribution in [0.4, 0.5) is 0 Å². The Morgan fingerprint density at radius 1 is 1.27 bits per heavy atom. The van der Waals surface area contributed by atoms with Crippen molar-refractivity contribution in [3.05, 3.63) is 40.9 Å². The lowest BCUT2D eigenvalue weighted by Crippen LogP contribution is -2.23. The highest BCUT2D eigenvalue weighted by molar-refractivity contribution is 6.29. The lowest BCUT2D eigenvalue weighted by atomic mass is 10.2. The lowest BCUT2D eigenvalue weighted by Gasteiger charge is -2.09. The summed E-state index contributed by atoms with van der Waals surface area (Å²) in [5.74, 6) is 0.434. The maximum Gasteiger partial charge on any atom is 0.184 e. The molecule has 3 aromatic rings. The molecular formula is C14H16ClN7. The average molecular weight is 318 g/mol. The van der Waals surface area contributed by atoms with E-state index in [-0.39, 0.29) is 0 Å². The van der Waals surface area contributed by atoms with Crippen LogP contribution in [0.15, 0.2) is 24.7 Å². The van der Waals surface area contributed by atoms with Crippen molar-refractivity contribution in [1.29, 1.82) is 5.41 Å². The molecule has 1 N–H and O–H groups in total. The molecule has 0 radical (unpaired) electrons. The molecule has 3 heterocycles. The second kappa shape index (κ2) is 5.84. The van der Waals surface area contributed by atoms with Gasteiger partial charge in [0.1, 0.15) is 5.15 Å². The highest BCUT2D eigenvalue weighted by atomic mass is 35.5. The number of pyridine rings is 1. The van der Waals surface area contributed by atoms with Crippen LogP contribution in [0.5, 0.6) is 0 Å². The Hall–Kier alpha value is -2.28. The molecule has 0 bridgehead atoms. The van der Waals surface area contributed by atoms with Crippen LogP contribution in [-0.2, 0) is 13.1 Å². The zero-order chi connectivity index (χ0) is 15.7. The molecule has 0 saturated heterocycles. The molecule has 114 valence electrons. The summed E-state index contributed by atoms with van der Waals surface area (Å²) < 4.78 is 3.45. The molecule has 3 rings (SSSR count). The predicted molar refractivity (Wildman–Crippen MR) is 82.4 cm³/mol. The number of nitrogens with zero attached hydrogens (tertiary/aromatic N) is 6. The quantitative estimate of drug-likeness (QED) is 0.744. The third kappa shape index (κ3) is 2.85. The summed E-state index contributed by atoms with van der Waals surface area (Å²) in [5, 5.41) is 16.9. The zero-order valence-electron chi connectivity index (χ0n) is 12.4. The zero-order valence-corrected chi connectivity index (χ0v) is 13.1. The molecule has 3 aromatic heterocycles. The molecule has 0 saturated carbocycles. The van der Waals surface area contributed by atoms with Gasteiger partial charge in [0.25, 0.3) is 0 Å². The number of fused-ring (bicyclic) bond motifs is 1. The number of hydrogen-bond acceptors (Lipinski definition) is 5. The molecule has 0 aromatic carbocycles. The van der Waals surface area contributed by atoms with E-state index in [1.807, 2.05) is 6.07 Å². The first kappa shape index (κ1) is 14.6. The normalized spacial score (nSPS) is 11.5. The van der Waals surface area contributed by atoms with Gasteiger partial charge in [0.15, 0.2) is 16.7 Å². The molecule has 7 nitrogen and oxygen atoms in total. The minimum Gasteiger partial charge on any atom is -0.315 e. The maximum atomic E-state index is 8.23. The minimum atomic E-state index is 0.333. The Morgan fingerprint density at radius 2 is 2.09 bits per heavy atom. The monoisotopic (exact) mass is 317 g/mol. The van der Waals surface area contributed by atoms with Crippen molar-refractivity contribution in [2.75, 3.05) is 0 Å². The first-order valence-corrected chi connectivity index (χ1v) is 7.36. The van der Waals surface area contributed by atoms with Crippen molar-refractivity contribution < 1.29 is 0 Å². The van der Waals surface area contributed by atoms with Crippen LogP contribution in [-0.4, -0.2) is 29.5 Å². The van der Waals surface area contributed by atoms with Crippen molar-refractivity contribution in [2.24, 2.45) is 5.92 Å². The second-order valence-corrected chi connectivity index (χ2v) is 5.94. The van der Waals surface area contributed by atoms with Gasteiger partial charge in [0, 0.05) is 12.7 Å². The minimum absolute atomic E-state index is 0.333. The molecule has 0 unspecified atom stereocenters. The van der Waals surface area contributed by atoms with Crippen LogP contribution < -0.4 is 5.49 Å². The van der Waals surface area contributed by atoms with Gasteiger partial charge in [-0.25, -0.2) is 14.6 Å². The van der Waals surface area contributed by atoms with Gasteiger partial charge >= 0.3 is 0 Å². The molecule has 22 heavy (non-hydrogen) atoms. The Bertz CT molecular complexity index is 848. The van der Waals surface area contributed by atoms with Gasteiger partial charge in [-0.15, -0.1) is 5.10 Å². The van der Waals surface area contributed by atoms with Gasteiger partial charge in [-0.05, 0) is 17.5 Å². The number of rotatable bonds is 4. The van der Waals surface area contributed by atoms with Crippen molar-refractivity contribution in [1.82, 2.24) is 29.5 Å². The molecule has 0 spiro atoms. The predicted octanol–water partition coefficient (Wildman–Crippen LogP) is 1.86. The van der Waals surface area contributed by atoms with Crippen LogP contribution in [0, 0.1) is 11.3 Å². The molecule has 0 aliphatic rings. The van der Waals surface area contributed by atoms with Gasteiger partial charge < -0.3 is 4.57 Å². The molecule has 0 aliphatic heterocycles. The van der Waals surface area contributed by atoms with Gasteiger partial charge in [-0.3, -0.25) is 5.41 Å². The summed E-state index contributed by atoms with van der Waals surface area (Å²) in [7, 11) is 0. The number of aromatic nitrogens is 6. The highest BCUT2D eigenvalue weighted by Crippen LogP contribution is 2.09. The summed E-state index contributed by atoms with van der Waals surface area (Å²) in [5.41, 5.74) is 2.38. The van der Waals surface area contributed by atoms with Crippen LogP contribution in [0.3, 0.4) is 0 Å². The van der Waals surface area contributed by atoms with Crippen LogP contribution >= 0.6 is 11.6 Å². The van der Waals surface area contributed by atoms with Crippen molar-refractivity contribution in [3.8, 4) is 0 Å². The van der Waals surface area contributed by atoms with Crippen LogP contribution in [0.2, 0.25) is 5.15 Å².